The fraction of sp³-hybridized carbons (Fsp3) is 0.429. The zero-order chi connectivity index (χ0) is 20.5. The van der Waals surface area contributed by atoms with Gasteiger partial charge in [0.1, 0.15) is 5.01 Å². The summed E-state index contributed by atoms with van der Waals surface area (Å²) in [5.74, 6) is 2.21. The first-order valence-corrected chi connectivity index (χ1v) is 10.1. The summed E-state index contributed by atoms with van der Waals surface area (Å²) in [4.78, 5) is 10.5. The van der Waals surface area contributed by atoms with E-state index in [0.717, 1.165) is 40.1 Å². The van der Waals surface area contributed by atoms with Crippen molar-refractivity contribution in [3.05, 3.63) is 51.5 Å². The predicted molar refractivity (Wildman–Crippen MR) is 117 cm³/mol. The number of nitrogens with zero attached hydrogens (tertiary/aromatic N) is 2. The van der Waals surface area contributed by atoms with Crippen molar-refractivity contribution in [2.24, 2.45) is 4.99 Å². The number of nitrogens with one attached hydrogen (secondary N) is 2. The molecular formula is C21H30N4O2S. The molecule has 0 atom stereocenters. The Morgan fingerprint density at radius 2 is 2.04 bits per heavy atom. The van der Waals surface area contributed by atoms with Crippen LogP contribution in [0.5, 0.6) is 11.5 Å². The van der Waals surface area contributed by atoms with Gasteiger partial charge in [-0.2, -0.15) is 0 Å². The van der Waals surface area contributed by atoms with Crippen LogP contribution in [0.25, 0.3) is 0 Å². The third-order valence-corrected chi connectivity index (χ3v) is 5.30. The number of aromatic nitrogens is 1. The first-order valence-electron chi connectivity index (χ1n) is 9.32. The van der Waals surface area contributed by atoms with Gasteiger partial charge in [-0.25, -0.2) is 9.98 Å². The van der Waals surface area contributed by atoms with Crippen LogP contribution in [0.3, 0.4) is 0 Å². The van der Waals surface area contributed by atoms with Crippen LogP contribution in [-0.2, 0) is 19.5 Å². The van der Waals surface area contributed by atoms with Crippen molar-refractivity contribution in [3.8, 4) is 11.5 Å². The minimum Gasteiger partial charge on any atom is -0.493 e. The number of hydrogen-bond donors (Lipinski definition) is 2. The Balaban J connectivity index is 2.16. The quantitative estimate of drug-likeness (QED) is 0.380. The maximum absolute atomic E-state index is 5.50. The SMILES string of the molecule is C=CCc1cc(CN=C(NCC)NCc2nc(C)c(C)s2)cc(OC)c1OC. The molecule has 0 saturated carbocycles. The number of allylic oxidation sites excluding steroid dienone is 1. The Hall–Kier alpha value is -2.54. The Bertz CT molecular complexity index is 811. The molecule has 0 bridgehead atoms. The first kappa shape index (κ1) is 21.8. The number of ether oxygens (including phenoxy) is 2. The Morgan fingerprint density at radius 3 is 2.61 bits per heavy atom. The predicted octanol–water partition coefficient (Wildman–Crippen LogP) is 3.76. The van der Waals surface area contributed by atoms with E-state index in [9.17, 15) is 0 Å². The molecule has 0 amide bonds. The maximum Gasteiger partial charge on any atom is 0.191 e. The summed E-state index contributed by atoms with van der Waals surface area (Å²) in [6.07, 6.45) is 2.56. The van der Waals surface area contributed by atoms with E-state index in [1.165, 1.54) is 4.88 Å². The van der Waals surface area contributed by atoms with Crippen LogP contribution < -0.4 is 20.1 Å². The number of hydrogen-bond acceptors (Lipinski definition) is 5. The summed E-state index contributed by atoms with van der Waals surface area (Å²) in [6, 6.07) is 4.05. The Morgan fingerprint density at radius 1 is 1.25 bits per heavy atom. The summed E-state index contributed by atoms with van der Waals surface area (Å²) < 4.78 is 11.0. The topological polar surface area (TPSA) is 67.8 Å². The maximum atomic E-state index is 5.50. The van der Waals surface area contributed by atoms with Crippen LogP contribution in [0.4, 0.5) is 0 Å². The molecule has 152 valence electrons. The lowest BCUT2D eigenvalue weighted by Gasteiger charge is -2.14. The molecule has 0 fully saturated rings. The lowest BCUT2D eigenvalue weighted by molar-refractivity contribution is 0.352. The fourth-order valence-corrected chi connectivity index (χ4v) is 3.66. The molecule has 0 saturated heterocycles. The summed E-state index contributed by atoms with van der Waals surface area (Å²) in [7, 11) is 3.30. The van der Waals surface area contributed by atoms with Gasteiger partial charge < -0.3 is 20.1 Å². The highest BCUT2D eigenvalue weighted by Gasteiger charge is 2.12. The molecule has 0 aliphatic rings. The van der Waals surface area contributed by atoms with E-state index < -0.39 is 0 Å². The second-order valence-electron chi connectivity index (χ2n) is 6.28. The van der Waals surface area contributed by atoms with Crippen LogP contribution >= 0.6 is 11.3 Å². The molecule has 7 heteroatoms. The Kier molecular flexibility index (Phi) is 8.32. The van der Waals surface area contributed by atoms with Gasteiger partial charge in [-0.15, -0.1) is 17.9 Å². The third kappa shape index (κ3) is 5.73. The van der Waals surface area contributed by atoms with Gasteiger partial charge in [-0.05, 0) is 44.9 Å². The summed E-state index contributed by atoms with van der Waals surface area (Å²) >= 11 is 1.71. The second kappa shape index (κ2) is 10.7. The van der Waals surface area contributed by atoms with Crippen molar-refractivity contribution in [2.45, 2.75) is 40.3 Å². The van der Waals surface area contributed by atoms with Crippen molar-refractivity contribution in [2.75, 3.05) is 20.8 Å². The molecule has 0 aliphatic carbocycles. The van der Waals surface area contributed by atoms with Crippen molar-refractivity contribution < 1.29 is 9.47 Å². The van der Waals surface area contributed by atoms with Gasteiger partial charge >= 0.3 is 0 Å². The molecule has 0 unspecified atom stereocenters. The lowest BCUT2D eigenvalue weighted by atomic mass is 10.1. The highest BCUT2D eigenvalue weighted by molar-refractivity contribution is 7.11. The second-order valence-corrected chi connectivity index (χ2v) is 7.57. The molecule has 2 aromatic rings. The van der Waals surface area contributed by atoms with E-state index in [-0.39, 0.29) is 0 Å². The van der Waals surface area contributed by atoms with Crippen molar-refractivity contribution in [1.29, 1.82) is 0 Å². The molecule has 1 aromatic carbocycles. The molecular weight excluding hydrogens is 372 g/mol. The normalized spacial score (nSPS) is 11.2. The highest BCUT2D eigenvalue weighted by Crippen LogP contribution is 2.33. The number of rotatable bonds is 9. The molecule has 6 nitrogen and oxygen atoms in total. The van der Waals surface area contributed by atoms with E-state index in [0.29, 0.717) is 25.3 Å². The summed E-state index contributed by atoms with van der Waals surface area (Å²) in [6.45, 7) is 12.0. The fourth-order valence-electron chi connectivity index (χ4n) is 2.79. The van der Waals surface area contributed by atoms with Crippen molar-refractivity contribution in [1.82, 2.24) is 15.6 Å². The molecule has 2 N–H and O–H groups in total. The van der Waals surface area contributed by atoms with E-state index >= 15 is 0 Å². The molecule has 0 aliphatic heterocycles. The molecule has 28 heavy (non-hydrogen) atoms. The van der Waals surface area contributed by atoms with E-state index in [1.54, 1.807) is 25.6 Å². The minimum atomic E-state index is 0.524. The van der Waals surface area contributed by atoms with Gasteiger partial charge in [-0.1, -0.05) is 6.08 Å². The number of aryl methyl sites for hydroxylation is 2. The number of guanidine groups is 1. The highest BCUT2D eigenvalue weighted by atomic mass is 32.1. The van der Waals surface area contributed by atoms with Crippen LogP contribution in [0.1, 0.15) is 33.6 Å². The van der Waals surface area contributed by atoms with E-state index in [2.05, 4.69) is 35.2 Å². The molecule has 0 radical (unpaired) electrons. The smallest absolute Gasteiger partial charge is 0.191 e. The molecule has 2 rings (SSSR count). The van der Waals surface area contributed by atoms with Gasteiger partial charge in [0.15, 0.2) is 17.5 Å². The first-order chi connectivity index (χ1) is 13.5. The third-order valence-electron chi connectivity index (χ3n) is 4.22. The van der Waals surface area contributed by atoms with Crippen LogP contribution in [0.15, 0.2) is 29.8 Å². The number of benzene rings is 1. The van der Waals surface area contributed by atoms with Gasteiger partial charge in [-0.3, -0.25) is 0 Å². The van der Waals surface area contributed by atoms with Gasteiger partial charge in [0.2, 0.25) is 0 Å². The molecule has 1 aromatic heterocycles. The van der Waals surface area contributed by atoms with Crippen molar-refractivity contribution >= 4 is 17.3 Å². The van der Waals surface area contributed by atoms with E-state index in [1.807, 2.05) is 26.0 Å². The van der Waals surface area contributed by atoms with E-state index in [4.69, 9.17) is 14.5 Å². The Labute approximate surface area is 171 Å². The van der Waals surface area contributed by atoms with Crippen LogP contribution in [-0.4, -0.2) is 31.7 Å². The van der Waals surface area contributed by atoms with Crippen LogP contribution in [0, 0.1) is 13.8 Å². The van der Waals surface area contributed by atoms with Gasteiger partial charge in [0.05, 0.1) is 33.0 Å². The number of methoxy groups -OCH3 is 2. The number of thiazole rings is 1. The molecule has 1 heterocycles. The standard InChI is InChI=1S/C21H30N4O2S/c1-7-9-17-10-16(11-18(26-5)20(17)27-6)12-23-21(22-8-2)24-13-19-25-14(3)15(4)28-19/h7,10-11H,1,8-9,12-13H2,2-6H3,(H2,22,23,24). The van der Waals surface area contributed by atoms with Gasteiger partial charge in [0.25, 0.3) is 0 Å². The zero-order valence-corrected chi connectivity index (χ0v) is 18.2. The average Bonchev–Trinajstić information content (AvgIpc) is 3.01. The monoisotopic (exact) mass is 402 g/mol. The average molecular weight is 403 g/mol. The lowest BCUT2D eigenvalue weighted by Crippen LogP contribution is -2.36. The van der Waals surface area contributed by atoms with Crippen molar-refractivity contribution in [3.63, 3.8) is 0 Å². The number of aliphatic imine (C=N–C) groups is 1. The van der Waals surface area contributed by atoms with Gasteiger partial charge in [0, 0.05) is 17.0 Å². The van der Waals surface area contributed by atoms with Crippen LogP contribution in [0.2, 0.25) is 0 Å². The minimum absolute atomic E-state index is 0.524. The summed E-state index contributed by atoms with van der Waals surface area (Å²) in [5.41, 5.74) is 3.17. The zero-order valence-electron chi connectivity index (χ0n) is 17.4. The largest absolute Gasteiger partial charge is 0.493 e. The summed E-state index contributed by atoms with van der Waals surface area (Å²) in [5, 5.41) is 7.69. The molecule has 0 spiro atoms.